The average molecular weight is 470 g/mol. The minimum Gasteiger partial charge on any atom is -0.494 e. The molecule has 5 rings (SSSR count). The second-order valence-corrected chi connectivity index (χ2v) is 8.11. The number of amides is 2. The molecule has 4 N–H and O–H groups in total. The van der Waals surface area contributed by atoms with Crippen LogP contribution in [0, 0.1) is 5.92 Å². The first-order valence-electron chi connectivity index (χ1n) is 11.1. The number of carbonyl (C=O) groups excluding carboxylic acids is 2. The number of methoxy groups -OCH3 is 1. The lowest BCUT2D eigenvalue weighted by Crippen LogP contribution is -2.19. The molecule has 1 aliphatic rings. The van der Waals surface area contributed by atoms with Crippen LogP contribution in [0.15, 0.2) is 66.9 Å². The largest absolute Gasteiger partial charge is 0.494 e. The molecule has 0 unspecified atom stereocenters. The van der Waals surface area contributed by atoms with Gasteiger partial charge in [0.25, 0.3) is 5.91 Å². The Kier molecular flexibility index (Phi) is 5.84. The molecule has 1 fully saturated rings. The topological polar surface area (TPSA) is 137 Å². The van der Waals surface area contributed by atoms with Crippen molar-refractivity contribution in [3.63, 3.8) is 0 Å². The second kappa shape index (κ2) is 9.26. The lowest BCUT2D eigenvalue weighted by Gasteiger charge is -2.16. The molecule has 0 atom stereocenters. The lowest BCUT2D eigenvalue weighted by molar-refractivity contribution is -0.117. The molecule has 35 heavy (non-hydrogen) atoms. The predicted molar refractivity (Wildman–Crippen MR) is 131 cm³/mol. The number of ether oxygens (including phenoxy) is 1. The fourth-order valence-electron chi connectivity index (χ4n) is 3.70. The highest BCUT2D eigenvalue weighted by Gasteiger charge is 2.30. The van der Waals surface area contributed by atoms with E-state index in [0.29, 0.717) is 22.8 Å². The summed E-state index contributed by atoms with van der Waals surface area (Å²) in [4.78, 5) is 24.1. The number of benzene rings is 2. The van der Waals surface area contributed by atoms with E-state index in [9.17, 15) is 9.59 Å². The highest BCUT2D eigenvalue weighted by Crippen LogP contribution is 2.38. The molecule has 0 radical (unpaired) electrons. The van der Waals surface area contributed by atoms with Crippen LogP contribution >= 0.6 is 0 Å². The van der Waals surface area contributed by atoms with Crippen molar-refractivity contribution in [1.29, 1.82) is 0 Å². The molecule has 2 heterocycles. The van der Waals surface area contributed by atoms with Crippen molar-refractivity contribution in [1.82, 2.24) is 20.0 Å². The lowest BCUT2D eigenvalue weighted by atomic mass is 10.1. The third kappa shape index (κ3) is 4.67. The molecule has 1 aliphatic carbocycles. The number of aromatic nitrogens is 4. The SMILES string of the molecule is COc1c(Nc2cc(NC(=O)C3CC3)nnc2C(N)=O)cccc1-c1ccn(-c2ccccc2)n1. The monoisotopic (exact) mass is 469 g/mol. The third-order valence-electron chi connectivity index (χ3n) is 5.60. The van der Waals surface area contributed by atoms with Crippen LogP contribution in [0.3, 0.4) is 0 Å². The van der Waals surface area contributed by atoms with E-state index in [1.807, 2.05) is 54.7 Å². The summed E-state index contributed by atoms with van der Waals surface area (Å²) < 4.78 is 7.50. The Balaban J connectivity index is 1.48. The zero-order valence-electron chi connectivity index (χ0n) is 18.9. The number of carbonyl (C=O) groups is 2. The molecule has 0 saturated heterocycles. The fourth-order valence-corrected chi connectivity index (χ4v) is 3.70. The minimum atomic E-state index is -0.753. The van der Waals surface area contributed by atoms with Crippen molar-refractivity contribution in [3.8, 4) is 22.7 Å². The summed E-state index contributed by atoms with van der Waals surface area (Å²) >= 11 is 0. The quantitative estimate of drug-likeness (QED) is 0.359. The van der Waals surface area contributed by atoms with Crippen molar-refractivity contribution < 1.29 is 14.3 Å². The van der Waals surface area contributed by atoms with Gasteiger partial charge in [-0.3, -0.25) is 9.59 Å². The van der Waals surface area contributed by atoms with Gasteiger partial charge in [0.15, 0.2) is 17.3 Å². The number of anilines is 3. The molecule has 10 nitrogen and oxygen atoms in total. The predicted octanol–water partition coefficient (Wildman–Crippen LogP) is 3.53. The normalized spacial score (nSPS) is 12.7. The van der Waals surface area contributed by atoms with Crippen LogP contribution < -0.4 is 21.1 Å². The number of nitrogens with zero attached hydrogens (tertiary/aromatic N) is 4. The van der Waals surface area contributed by atoms with Crippen LogP contribution in [-0.4, -0.2) is 38.9 Å². The van der Waals surface area contributed by atoms with E-state index < -0.39 is 5.91 Å². The van der Waals surface area contributed by atoms with E-state index >= 15 is 0 Å². The molecule has 1 saturated carbocycles. The van der Waals surface area contributed by atoms with E-state index in [4.69, 9.17) is 10.5 Å². The van der Waals surface area contributed by atoms with Gasteiger partial charge >= 0.3 is 0 Å². The Labute approximate surface area is 201 Å². The summed E-state index contributed by atoms with van der Waals surface area (Å²) in [5.74, 6) is -0.133. The number of nitrogens with two attached hydrogens (primary N) is 1. The van der Waals surface area contributed by atoms with Crippen LogP contribution in [0.1, 0.15) is 23.3 Å². The Hall–Kier alpha value is -4.73. The van der Waals surface area contributed by atoms with Gasteiger partial charge in [-0.25, -0.2) is 4.68 Å². The Morgan fingerprint density at radius 2 is 1.83 bits per heavy atom. The van der Waals surface area contributed by atoms with Crippen molar-refractivity contribution in [3.05, 3.63) is 72.6 Å². The molecule has 0 spiro atoms. The van der Waals surface area contributed by atoms with Crippen LogP contribution in [0.25, 0.3) is 16.9 Å². The summed E-state index contributed by atoms with van der Waals surface area (Å²) in [6.45, 7) is 0. The van der Waals surface area contributed by atoms with Crippen molar-refractivity contribution in [2.24, 2.45) is 11.7 Å². The van der Waals surface area contributed by atoms with Gasteiger partial charge in [-0.15, -0.1) is 10.2 Å². The van der Waals surface area contributed by atoms with Crippen LogP contribution in [0.5, 0.6) is 5.75 Å². The summed E-state index contributed by atoms with van der Waals surface area (Å²) in [7, 11) is 1.55. The third-order valence-corrected chi connectivity index (χ3v) is 5.60. The summed E-state index contributed by atoms with van der Waals surface area (Å²) in [6, 6.07) is 18.7. The fraction of sp³-hybridized carbons (Fsp3) is 0.160. The van der Waals surface area contributed by atoms with Gasteiger partial charge in [0.1, 0.15) is 0 Å². The highest BCUT2D eigenvalue weighted by atomic mass is 16.5. The number of hydrogen-bond donors (Lipinski definition) is 3. The molecule has 2 aromatic carbocycles. The first-order chi connectivity index (χ1) is 17.0. The Bertz CT molecular complexity index is 1400. The summed E-state index contributed by atoms with van der Waals surface area (Å²) in [6.07, 6.45) is 3.58. The van der Waals surface area contributed by atoms with Gasteiger partial charge in [-0.1, -0.05) is 24.3 Å². The Morgan fingerprint density at radius 1 is 1.03 bits per heavy atom. The molecular weight excluding hydrogens is 446 g/mol. The highest BCUT2D eigenvalue weighted by molar-refractivity contribution is 5.99. The number of hydrogen-bond acceptors (Lipinski definition) is 7. The average Bonchev–Trinajstić information content (AvgIpc) is 3.61. The van der Waals surface area contributed by atoms with Gasteiger partial charge in [0.2, 0.25) is 5.91 Å². The standard InChI is InChI=1S/C25H23N7O3/c1-35-23-17(18-12-13-32(31-18)16-6-3-2-4-7-16)8-5-9-19(23)27-20-14-21(28-25(34)15-10-11-15)29-30-22(20)24(26)33/h2-9,12-15H,10-11H2,1H3,(H2,26,33)(H2,27,28,29,34). The second-order valence-electron chi connectivity index (χ2n) is 8.11. The maximum atomic E-state index is 12.1. The number of nitrogens with one attached hydrogen (secondary N) is 2. The van der Waals surface area contributed by atoms with Crippen LogP contribution in [0.2, 0.25) is 0 Å². The molecule has 2 amide bonds. The first-order valence-corrected chi connectivity index (χ1v) is 11.1. The minimum absolute atomic E-state index is 0.00325. The molecule has 2 aromatic heterocycles. The summed E-state index contributed by atoms with van der Waals surface area (Å²) in [5, 5.41) is 18.4. The van der Waals surface area contributed by atoms with E-state index in [2.05, 4.69) is 25.9 Å². The van der Waals surface area contributed by atoms with Crippen LogP contribution in [0.4, 0.5) is 17.2 Å². The van der Waals surface area contributed by atoms with Crippen molar-refractivity contribution in [2.45, 2.75) is 12.8 Å². The zero-order chi connectivity index (χ0) is 24.4. The van der Waals surface area contributed by atoms with Crippen molar-refractivity contribution in [2.75, 3.05) is 17.7 Å². The van der Waals surface area contributed by atoms with E-state index in [-0.39, 0.29) is 23.3 Å². The number of rotatable bonds is 8. The van der Waals surface area contributed by atoms with Crippen molar-refractivity contribution >= 4 is 29.0 Å². The van der Waals surface area contributed by atoms with Gasteiger partial charge < -0.3 is 21.1 Å². The molecule has 4 aromatic rings. The van der Waals surface area contributed by atoms with E-state index in [1.165, 1.54) is 6.07 Å². The molecule has 0 aliphatic heterocycles. The van der Waals surface area contributed by atoms with Gasteiger partial charge in [0.05, 0.1) is 29.9 Å². The summed E-state index contributed by atoms with van der Waals surface area (Å²) in [5.41, 5.74) is 8.70. The smallest absolute Gasteiger partial charge is 0.271 e. The molecule has 0 bridgehead atoms. The maximum absolute atomic E-state index is 12.1. The number of primary amides is 1. The van der Waals surface area contributed by atoms with E-state index in [1.54, 1.807) is 17.9 Å². The van der Waals surface area contributed by atoms with Gasteiger partial charge in [-0.2, -0.15) is 5.10 Å². The van der Waals surface area contributed by atoms with E-state index in [0.717, 1.165) is 24.1 Å². The number of para-hydroxylation sites is 2. The molecular formula is C25H23N7O3. The van der Waals surface area contributed by atoms with Gasteiger partial charge in [-0.05, 0) is 43.2 Å². The molecule has 176 valence electrons. The molecule has 10 heteroatoms. The van der Waals surface area contributed by atoms with Crippen LogP contribution in [-0.2, 0) is 4.79 Å². The zero-order valence-corrected chi connectivity index (χ0v) is 18.9. The Morgan fingerprint density at radius 3 is 2.54 bits per heavy atom. The van der Waals surface area contributed by atoms with Gasteiger partial charge in [0, 0.05) is 23.7 Å². The maximum Gasteiger partial charge on any atom is 0.271 e. The first kappa shape index (κ1) is 22.1.